The number of aliphatic carboxylic acids is 1. The Kier molecular flexibility index (Phi) is 5.01. The zero-order valence-corrected chi connectivity index (χ0v) is 9.60. The molecule has 0 aliphatic heterocycles. The number of carboxylic acid groups (broad SMARTS) is 1. The smallest absolute Gasteiger partial charge is 0.317 e. The summed E-state index contributed by atoms with van der Waals surface area (Å²) in [6.45, 7) is 3.50. The van der Waals surface area contributed by atoms with Gasteiger partial charge in [-0.3, -0.25) is 9.69 Å². The minimum absolute atomic E-state index is 0.0104. The van der Waals surface area contributed by atoms with Crippen molar-refractivity contribution in [1.29, 1.82) is 0 Å². The van der Waals surface area contributed by atoms with Crippen LogP contribution >= 0.6 is 0 Å². The molecule has 0 atom stereocenters. The molecule has 0 aromatic carbocycles. The summed E-state index contributed by atoms with van der Waals surface area (Å²) in [6.07, 6.45) is 1.61. The van der Waals surface area contributed by atoms with E-state index >= 15 is 0 Å². The minimum atomic E-state index is -0.847. The van der Waals surface area contributed by atoms with Crippen LogP contribution in [-0.2, 0) is 16.1 Å². The second-order valence-electron chi connectivity index (χ2n) is 3.62. The Balaban J connectivity index is 2.55. The van der Waals surface area contributed by atoms with Crippen LogP contribution < -0.4 is 0 Å². The average Bonchev–Trinajstić information content (AvgIpc) is 2.60. The molecule has 0 amide bonds. The van der Waals surface area contributed by atoms with Crippen molar-refractivity contribution in [2.75, 3.05) is 26.8 Å². The van der Waals surface area contributed by atoms with E-state index in [1.165, 1.54) is 0 Å². The van der Waals surface area contributed by atoms with Gasteiger partial charge in [-0.2, -0.15) is 0 Å². The molecule has 0 saturated carbocycles. The van der Waals surface area contributed by atoms with E-state index in [1.54, 1.807) is 18.3 Å². The van der Waals surface area contributed by atoms with Gasteiger partial charge in [-0.1, -0.05) is 0 Å². The number of nitrogens with zero attached hydrogens (tertiary/aromatic N) is 1. The third kappa shape index (κ3) is 4.04. The predicted molar refractivity (Wildman–Crippen MR) is 58.2 cm³/mol. The highest BCUT2D eigenvalue weighted by Crippen LogP contribution is 2.11. The molecule has 1 heterocycles. The first-order chi connectivity index (χ1) is 7.63. The fourth-order valence-electron chi connectivity index (χ4n) is 1.39. The van der Waals surface area contributed by atoms with E-state index < -0.39 is 5.97 Å². The number of ether oxygens (including phenoxy) is 1. The van der Waals surface area contributed by atoms with E-state index in [4.69, 9.17) is 14.3 Å². The lowest BCUT2D eigenvalue weighted by molar-refractivity contribution is -0.138. The molecule has 16 heavy (non-hydrogen) atoms. The van der Waals surface area contributed by atoms with E-state index in [-0.39, 0.29) is 6.54 Å². The van der Waals surface area contributed by atoms with Crippen molar-refractivity contribution in [1.82, 2.24) is 4.90 Å². The maximum Gasteiger partial charge on any atom is 0.317 e. The summed E-state index contributed by atoms with van der Waals surface area (Å²) in [7, 11) is 1.59. The number of methoxy groups -OCH3 is 1. The number of furan rings is 1. The highest BCUT2D eigenvalue weighted by molar-refractivity contribution is 5.69. The number of carbonyl (C=O) groups is 1. The van der Waals surface area contributed by atoms with Gasteiger partial charge in [0, 0.05) is 13.7 Å². The van der Waals surface area contributed by atoms with Crippen LogP contribution in [0, 0.1) is 6.92 Å². The summed E-state index contributed by atoms with van der Waals surface area (Å²) < 4.78 is 10.2. The van der Waals surface area contributed by atoms with E-state index in [0.29, 0.717) is 19.7 Å². The Morgan fingerprint density at radius 1 is 1.62 bits per heavy atom. The maximum atomic E-state index is 10.7. The van der Waals surface area contributed by atoms with Crippen LogP contribution in [0.5, 0.6) is 0 Å². The van der Waals surface area contributed by atoms with Gasteiger partial charge in [-0.25, -0.2) is 0 Å². The Bertz CT molecular complexity index is 334. The second-order valence-corrected chi connectivity index (χ2v) is 3.62. The summed E-state index contributed by atoms with van der Waals surface area (Å²) in [6, 6.07) is 1.87. The SMILES string of the molecule is COCCN(CC(=O)O)Cc1occc1C. The molecule has 1 N–H and O–H groups in total. The molecule has 5 heteroatoms. The van der Waals surface area contributed by atoms with Gasteiger partial charge in [0.2, 0.25) is 0 Å². The van der Waals surface area contributed by atoms with Gasteiger partial charge in [0.15, 0.2) is 0 Å². The Labute approximate surface area is 94.6 Å². The number of hydrogen-bond donors (Lipinski definition) is 1. The zero-order valence-electron chi connectivity index (χ0n) is 9.60. The molecule has 0 aliphatic carbocycles. The fourth-order valence-corrected chi connectivity index (χ4v) is 1.39. The van der Waals surface area contributed by atoms with Gasteiger partial charge in [0.1, 0.15) is 5.76 Å². The summed E-state index contributed by atoms with van der Waals surface area (Å²) in [5, 5.41) is 8.77. The molecule has 0 bridgehead atoms. The number of aryl methyl sites for hydroxylation is 1. The number of carboxylic acids is 1. The minimum Gasteiger partial charge on any atom is -0.480 e. The number of rotatable bonds is 7. The van der Waals surface area contributed by atoms with Crippen LogP contribution in [0.3, 0.4) is 0 Å². The zero-order chi connectivity index (χ0) is 12.0. The van der Waals surface area contributed by atoms with Crippen LogP contribution in [-0.4, -0.2) is 42.8 Å². The first-order valence-corrected chi connectivity index (χ1v) is 5.09. The molecule has 1 rings (SSSR count). The molecule has 1 aromatic heterocycles. The fraction of sp³-hybridized carbons (Fsp3) is 0.545. The van der Waals surface area contributed by atoms with E-state index in [0.717, 1.165) is 11.3 Å². The van der Waals surface area contributed by atoms with Crippen LogP contribution in [0.4, 0.5) is 0 Å². The lowest BCUT2D eigenvalue weighted by Gasteiger charge is -2.18. The quantitative estimate of drug-likeness (QED) is 0.756. The monoisotopic (exact) mass is 227 g/mol. The maximum absolute atomic E-state index is 10.7. The third-order valence-corrected chi connectivity index (χ3v) is 2.31. The van der Waals surface area contributed by atoms with Gasteiger partial charge in [0.25, 0.3) is 0 Å². The van der Waals surface area contributed by atoms with Crippen molar-refractivity contribution in [3.05, 3.63) is 23.7 Å². The summed E-state index contributed by atoms with van der Waals surface area (Å²) in [4.78, 5) is 12.4. The normalized spacial score (nSPS) is 10.9. The Morgan fingerprint density at radius 2 is 2.38 bits per heavy atom. The lowest BCUT2D eigenvalue weighted by atomic mass is 10.2. The molecule has 1 aromatic rings. The van der Waals surface area contributed by atoms with Crippen LogP contribution in [0.2, 0.25) is 0 Å². The van der Waals surface area contributed by atoms with Crippen LogP contribution in [0.25, 0.3) is 0 Å². The van der Waals surface area contributed by atoms with Gasteiger partial charge in [0.05, 0.1) is 26.0 Å². The standard InChI is InChI=1S/C11H17NO4/c1-9-3-5-16-10(9)7-12(4-6-15-2)8-11(13)14/h3,5H,4,6-8H2,1-2H3,(H,13,14). The molecular formula is C11H17NO4. The van der Waals surface area contributed by atoms with E-state index in [9.17, 15) is 4.79 Å². The molecular weight excluding hydrogens is 210 g/mol. The summed E-state index contributed by atoms with van der Waals surface area (Å²) in [5.41, 5.74) is 1.04. The van der Waals surface area contributed by atoms with Gasteiger partial charge in [-0.15, -0.1) is 0 Å². The van der Waals surface area contributed by atoms with Crippen LogP contribution in [0.1, 0.15) is 11.3 Å². The van der Waals surface area contributed by atoms with E-state index in [1.807, 2.05) is 13.0 Å². The van der Waals surface area contributed by atoms with Crippen molar-refractivity contribution in [2.45, 2.75) is 13.5 Å². The number of hydrogen-bond acceptors (Lipinski definition) is 4. The molecule has 0 spiro atoms. The third-order valence-electron chi connectivity index (χ3n) is 2.31. The van der Waals surface area contributed by atoms with Gasteiger partial charge < -0.3 is 14.3 Å². The molecule has 90 valence electrons. The average molecular weight is 227 g/mol. The Morgan fingerprint density at radius 3 is 2.88 bits per heavy atom. The largest absolute Gasteiger partial charge is 0.480 e. The summed E-state index contributed by atoms with van der Waals surface area (Å²) in [5.74, 6) is -0.0438. The van der Waals surface area contributed by atoms with Crippen molar-refractivity contribution in [3.8, 4) is 0 Å². The van der Waals surface area contributed by atoms with Crippen LogP contribution in [0.15, 0.2) is 16.7 Å². The summed E-state index contributed by atoms with van der Waals surface area (Å²) >= 11 is 0. The molecule has 0 saturated heterocycles. The first kappa shape index (κ1) is 12.7. The topological polar surface area (TPSA) is 62.9 Å². The van der Waals surface area contributed by atoms with Gasteiger partial charge >= 0.3 is 5.97 Å². The lowest BCUT2D eigenvalue weighted by Crippen LogP contribution is -2.32. The second kappa shape index (κ2) is 6.30. The molecule has 0 radical (unpaired) electrons. The predicted octanol–water partition coefficient (Wildman–Crippen LogP) is 1.12. The first-order valence-electron chi connectivity index (χ1n) is 5.09. The van der Waals surface area contributed by atoms with Crippen molar-refractivity contribution >= 4 is 5.97 Å². The van der Waals surface area contributed by atoms with E-state index in [2.05, 4.69) is 0 Å². The molecule has 0 unspecified atom stereocenters. The molecule has 5 nitrogen and oxygen atoms in total. The van der Waals surface area contributed by atoms with Crippen molar-refractivity contribution in [3.63, 3.8) is 0 Å². The van der Waals surface area contributed by atoms with Gasteiger partial charge in [-0.05, 0) is 18.6 Å². The molecule has 0 fully saturated rings. The van der Waals surface area contributed by atoms with Crippen molar-refractivity contribution < 1.29 is 19.1 Å². The highest BCUT2D eigenvalue weighted by atomic mass is 16.5. The highest BCUT2D eigenvalue weighted by Gasteiger charge is 2.13. The Hall–Kier alpha value is -1.33. The van der Waals surface area contributed by atoms with Crippen molar-refractivity contribution in [2.24, 2.45) is 0 Å². The molecule has 0 aliphatic rings.